The molecular formula is C10H14O4S2. The summed E-state index contributed by atoms with van der Waals surface area (Å²) < 4.78 is 22.9. The molecule has 4 nitrogen and oxygen atoms in total. The van der Waals surface area contributed by atoms with Gasteiger partial charge in [0.2, 0.25) is 0 Å². The number of hydrogen-bond acceptors (Lipinski definition) is 4. The first-order chi connectivity index (χ1) is 7.13. The molecule has 1 rings (SSSR count). The van der Waals surface area contributed by atoms with E-state index in [1.54, 1.807) is 26.8 Å². The predicted molar refractivity (Wildman–Crippen MR) is 63.7 cm³/mol. The first-order valence-corrected chi connectivity index (χ1v) is 7.15. The lowest BCUT2D eigenvalue weighted by Gasteiger charge is -2.18. The fraction of sp³-hybridized carbons (Fsp3) is 0.500. The minimum Gasteiger partial charge on any atom is -0.477 e. The Morgan fingerprint density at radius 1 is 1.38 bits per heavy atom. The highest BCUT2D eigenvalue weighted by molar-refractivity contribution is 7.92. The fourth-order valence-corrected chi connectivity index (χ4v) is 3.22. The summed E-state index contributed by atoms with van der Waals surface area (Å²) in [6.45, 7) is 4.90. The second-order valence-electron chi connectivity index (χ2n) is 4.44. The second kappa shape index (κ2) is 4.18. The van der Waals surface area contributed by atoms with E-state index in [4.69, 9.17) is 5.11 Å². The van der Waals surface area contributed by atoms with Gasteiger partial charge in [-0.3, -0.25) is 0 Å². The quantitative estimate of drug-likeness (QED) is 0.906. The van der Waals surface area contributed by atoms with E-state index < -0.39 is 20.6 Å². The number of aromatic carboxylic acids is 1. The van der Waals surface area contributed by atoms with Crippen LogP contribution in [-0.4, -0.2) is 24.2 Å². The summed E-state index contributed by atoms with van der Waals surface area (Å²) in [6, 6.07) is 2.98. The van der Waals surface area contributed by atoms with E-state index in [1.165, 1.54) is 6.07 Å². The van der Waals surface area contributed by atoms with Crippen LogP contribution in [0.15, 0.2) is 12.1 Å². The fourth-order valence-electron chi connectivity index (χ4n) is 0.974. The van der Waals surface area contributed by atoms with E-state index in [9.17, 15) is 13.2 Å². The molecule has 1 aromatic heterocycles. The van der Waals surface area contributed by atoms with Gasteiger partial charge in [-0.05, 0) is 32.9 Å². The molecule has 0 amide bonds. The lowest BCUT2D eigenvalue weighted by molar-refractivity contribution is 0.0702. The summed E-state index contributed by atoms with van der Waals surface area (Å²) in [7, 11) is -3.25. The molecule has 0 aliphatic rings. The van der Waals surface area contributed by atoms with Gasteiger partial charge >= 0.3 is 5.97 Å². The lowest BCUT2D eigenvalue weighted by Crippen LogP contribution is -2.28. The van der Waals surface area contributed by atoms with Crippen molar-refractivity contribution in [3.8, 4) is 0 Å². The zero-order chi connectivity index (χ0) is 12.6. The SMILES string of the molecule is CC(C)(C)S(=O)(=O)Cc1ccc(C(=O)O)s1. The van der Waals surface area contributed by atoms with Gasteiger partial charge in [0.05, 0.1) is 10.5 Å². The highest BCUT2D eigenvalue weighted by Gasteiger charge is 2.29. The molecule has 0 aliphatic heterocycles. The first-order valence-electron chi connectivity index (χ1n) is 4.68. The van der Waals surface area contributed by atoms with Crippen LogP contribution >= 0.6 is 11.3 Å². The molecule has 0 aromatic carbocycles. The first kappa shape index (κ1) is 13.2. The number of carboxylic acid groups (broad SMARTS) is 1. The maximum atomic E-state index is 11.9. The van der Waals surface area contributed by atoms with Crippen LogP contribution in [0, 0.1) is 0 Å². The van der Waals surface area contributed by atoms with E-state index in [2.05, 4.69) is 0 Å². The summed E-state index contributed by atoms with van der Waals surface area (Å²) in [6.07, 6.45) is 0. The van der Waals surface area contributed by atoms with Gasteiger partial charge in [0.1, 0.15) is 4.88 Å². The molecule has 16 heavy (non-hydrogen) atoms. The Hall–Kier alpha value is -0.880. The largest absolute Gasteiger partial charge is 0.477 e. The van der Waals surface area contributed by atoms with Gasteiger partial charge in [0.15, 0.2) is 9.84 Å². The Bertz CT molecular complexity index is 491. The Balaban J connectivity index is 2.94. The standard InChI is InChI=1S/C10H14O4S2/c1-10(2,3)16(13,14)6-7-4-5-8(15-7)9(11)12/h4-5H,6H2,1-3H3,(H,11,12). The summed E-state index contributed by atoms with van der Waals surface area (Å²) in [4.78, 5) is 11.4. The zero-order valence-electron chi connectivity index (χ0n) is 9.35. The normalized spacial score (nSPS) is 12.7. The Kier molecular flexibility index (Phi) is 3.44. The molecule has 0 atom stereocenters. The van der Waals surface area contributed by atoms with Crippen molar-refractivity contribution in [3.05, 3.63) is 21.9 Å². The maximum absolute atomic E-state index is 11.9. The molecule has 0 fully saturated rings. The molecule has 90 valence electrons. The van der Waals surface area contributed by atoms with E-state index in [0.717, 1.165) is 11.3 Å². The molecule has 0 spiro atoms. The number of thiophene rings is 1. The van der Waals surface area contributed by atoms with Crippen molar-refractivity contribution in [2.45, 2.75) is 31.3 Å². The summed E-state index contributed by atoms with van der Waals surface area (Å²) >= 11 is 1.01. The molecule has 1 aromatic rings. The average Bonchev–Trinajstić information content (AvgIpc) is 2.49. The second-order valence-corrected chi connectivity index (χ2v) is 8.35. The Morgan fingerprint density at radius 3 is 2.31 bits per heavy atom. The van der Waals surface area contributed by atoms with Crippen molar-refractivity contribution >= 4 is 27.1 Å². The van der Waals surface area contributed by atoms with Gasteiger partial charge < -0.3 is 5.11 Å². The zero-order valence-corrected chi connectivity index (χ0v) is 11.0. The number of carbonyl (C=O) groups is 1. The van der Waals surface area contributed by atoms with Crippen molar-refractivity contribution in [1.82, 2.24) is 0 Å². The number of rotatable bonds is 3. The van der Waals surface area contributed by atoms with E-state index in [0.29, 0.717) is 4.88 Å². The van der Waals surface area contributed by atoms with Crippen molar-refractivity contribution in [2.24, 2.45) is 0 Å². The molecule has 1 N–H and O–H groups in total. The molecule has 0 saturated heterocycles. The van der Waals surface area contributed by atoms with Gasteiger partial charge in [-0.25, -0.2) is 13.2 Å². The van der Waals surface area contributed by atoms with Crippen LogP contribution in [-0.2, 0) is 15.6 Å². The predicted octanol–water partition coefficient (Wildman–Crippen LogP) is 2.16. The third-order valence-corrected chi connectivity index (χ3v) is 5.95. The third-order valence-electron chi connectivity index (χ3n) is 2.14. The van der Waals surface area contributed by atoms with Crippen LogP contribution in [0.5, 0.6) is 0 Å². The minimum absolute atomic E-state index is 0.103. The van der Waals surface area contributed by atoms with Crippen LogP contribution in [0.1, 0.15) is 35.3 Å². The van der Waals surface area contributed by atoms with E-state index in [-0.39, 0.29) is 10.6 Å². The molecular weight excluding hydrogens is 248 g/mol. The summed E-state index contributed by atoms with van der Waals surface area (Å²) in [5.41, 5.74) is 0. The molecule has 1 heterocycles. The van der Waals surface area contributed by atoms with E-state index >= 15 is 0 Å². The lowest BCUT2D eigenvalue weighted by atomic mass is 10.3. The molecule has 0 radical (unpaired) electrons. The monoisotopic (exact) mass is 262 g/mol. The maximum Gasteiger partial charge on any atom is 0.345 e. The van der Waals surface area contributed by atoms with Crippen molar-refractivity contribution in [1.29, 1.82) is 0 Å². The summed E-state index contributed by atoms with van der Waals surface area (Å²) in [5, 5.41) is 8.72. The van der Waals surface area contributed by atoms with E-state index in [1.807, 2.05) is 0 Å². The topological polar surface area (TPSA) is 71.4 Å². The Morgan fingerprint density at radius 2 is 1.94 bits per heavy atom. The van der Waals surface area contributed by atoms with Crippen molar-refractivity contribution in [3.63, 3.8) is 0 Å². The van der Waals surface area contributed by atoms with Gasteiger partial charge in [0.25, 0.3) is 0 Å². The van der Waals surface area contributed by atoms with Gasteiger partial charge in [-0.15, -0.1) is 11.3 Å². The summed E-state index contributed by atoms with van der Waals surface area (Å²) in [5.74, 6) is -1.13. The molecule has 0 unspecified atom stereocenters. The van der Waals surface area contributed by atoms with Crippen molar-refractivity contribution in [2.75, 3.05) is 0 Å². The Labute approximate surface area is 98.8 Å². The van der Waals surface area contributed by atoms with Crippen molar-refractivity contribution < 1.29 is 18.3 Å². The van der Waals surface area contributed by atoms with Crippen LogP contribution in [0.2, 0.25) is 0 Å². The molecule has 0 bridgehead atoms. The minimum atomic E-state index is -3.25. The van der Waals surface area contributed by atoms with Gasteiger partial charge in [0, 0.05) is 4.88 Å². The smallest absolute Gasteiger partial charge is 0.345 e. The molecule has 0 aliphatic carbocycles. The average molecular weight is 262 g/mol. The van der Waals surface area contributed by atoms with Gasteiger partial charge in [-0.1, -0.05) is 0 Å². The van der Waals surface area contributed by atoms with Crippen LogP contribution in [0.4, 0.5) is 0 Å². The van der Waals surface area contributed by atoms with Crippen LogP contribution in [0.3, 0.4) is 0 Å². The third kappa shape index (κ3) is 2.82. The highest BCUT2D eigenvalue weighted by atomic mass is 32.2. The number of sulfone groups is 1. The highest BCUT2D eigenvalue weighted by Crippen LogP contribution is 2.24. The number of hydrogen-bond donors (Lipinski definition) is 1. The molecule has 0 saturated carbocycles. The van der Waals surface area contributed by atoms with Crippen LogP contribution < -0.4 is 0 Å². The molecule has 6 heteroatoms. The number of carboxylic acids is 1. The van der Waals surface area contributed by atoms with Gasteiger partial charge in [-0.2, -0.15) is 0 Å². The van der Waals surface area contributed by atoms with Crippen LogP contribution in [0.25, 0.3) is 0 Å².